The first-order chi connectivity index (χ1) is 15.8. The molecule has 1 heterocycles. The maximum absolute atomic E-state index is 12.6. The number of nitrogens with one attached hydrogen (secondary N) is 3. The number of anilines is 1. The Labute approximate surface area is 190 Å². The predicted octanol–water partition coefficient (Wildman–Crippen LogP) is 3.35. The third kappa shape index (κ3) is 4.57. The van der Waals surface area contributed by atoms with E-state index in [-0.39, 0.29) is 18.3 Å². The van der Waals surface area contributed by atoms with Gasteiger partial charge in [-0.15, -0.1) is 0 Å². The number of aromatic amines is 1. The number of carboxylic acid groups (broad SMARTS) is 1. The number of hydrogen-bond acceptors (Lipinski definition) is 5. The van der Waals surface area contributed by atoms with Gasteiger partial charge in [-0.25, -0.2) is 4.79 Å². The summed E-state index contributed by atoms with van der Waals surface area (Å²) in [5.74, 6) is -1.80. The van der Waals surface area contributed by atoms with E-state index in [1.807, 2.05) is 48.5 Å². The van der Waals surface area contributed by atoms with Crippen molar-refractivity contribution in [3.63, 3.8) is 0 Å². The van der Waals surface area contributed by atoms with Gasteiger partial charge in [0.05, 0.1) is 6.42 Å². The molecule has 0 saturated heterocycles. The number of nitrogens with zero attached hydrogens (tertiary/aromatic N) is 1. The summed E-state index contributed by atoms with van der Waals surface area (Å²) in [4.78, 5) is 36.4. The summed E-state index contributed by atoms with van der Waals surface area (Å²) in [5, 5.41) is 20.8. The van der Waals surface area contributed by atoms with Gasteiger partial charge in [0.2, 0.25) is 5.91 Å². The van der Waals surface area contributed by atoms with E-state index in [4.69, 9.17) is 4.74 Å². The zero-order chi connectivity index (χ0) is 23.5. The number of carbonyl (C=O) groups is 3. The molecule has 3 aromatic rings. The van der Waals surface area contributed by atoms with Crippen LogP contribution in [0.4, 0.5) is 10.6 Å². The highest BCUT2D eigenvalue weighted by atomic mass is 16.5. The van der Waals surface area contributed by atoms with Gasteiger partial charge in [-0.3, -0.25) is 14.7 Å². The molecular weight excluding hydrogens is 424 g/mol. The molecule has 1 atom stereocenters. The Kier molecular flexibility index (Phi) is 6.12. The van der Waals surface area contributed by atoms with Gasteiger partial charge in [-0.05, 0) is 36.1 Å². The molecule has 4 rings (SSSR count). The van der Waals surface area contributed by atoms with Crippen LogP contribution < -0.4 is 10.6 Å². The van der Waals surface area contributed by atoms with Gasteiger partial charge in [-0.1, -0.05) is 48.5 Å². The molecule has 0 spiro atoms. The molecule has 2 amide bonds. The van der Waals surface area contributed by atoms with Crippen LogP contribution in [0.3, 0.4) is 0 Å². The highest BCUT2D eigenvalue weighted by Crippen LogP contribution is 2.44. The van der Waals surface area contributed by atoms with Crippen LogP contribution in [0.2, 0.25) is 0 Å². The van der Waals surface area contributed by atoms with Crippen LogP contribution in [-0.4, -0.2) is 45.9 Å². The molecule has 1 unspecified atom stereocenters. The fourth-order valence-electron chi connectivity index (χ4n) is 3.98. The average molecular weight is 448 g/mol. The second kappa shape index (κ2) is 9.15. The first kappa shape index (κ1) is 22.1. The summed E-state index contributed by atoms with van der Waals surface area (Å²) < 4.78 is 5.44. The van der Waals surface area contributed by atoms with E-state index in [2.05, 4.69) is 20.8 Å². The van der Waals surface area contributed by atoms with Crippen LogP contribution in [0.5, 0.6) is 0 Å². The van der Waals surface area contributed by atoms with Gasteiger partial charge in [0.25, 0.3) is 0 Å². The van der Waals surface area contributed by atoms with Crippen LogP contribution in [-0.2, 0) is 14.3 Å². The molecule has 0 fully saturated rings. The van der Waals surface area contributed by atoms with Crippen molar-refractivity contribution in [2.24, 2.45) is 0 Å². The number of aryl methyl sites for hydroxylation is 1. The number of fused-ring (bicyclic) bond motifs is 3. The summed E-state index contributed by atoms with van der Waals surface area (Å²) in [6.45, 7) is 3.61. The lowest BCUT2D eigenvalue weighted by Gasteiger charge is -2.18. The Morgan fingerprint density at radius 1 is 1.06 bits per heavy atom. The maximum atomic E-state index is 12.6. The fraction of sp³-hybridized carbons (Fsp3) is 0.250. The van der Waals surface area contributed by atoms with Crippen LogP contribution in [0.15, 0.2) is 48.5 Å². The lowest BCUT2D eigenvalue weighted by molar-refractivity contribution is -0.139. The van der Waals surface area contributed by atoms with E-state index in [0.717, 1.165) is 33.5 Å². The number of aliphatic carboxylic acids is 1. The van der Waals surface area contributed by atoms with Crippen molar-refractivity contribution in [1.82, 2.24) is 15.5 Å². The molecule has 2 aromatic carbocycles. The Hall–Kier alpha value is -4.14. The largest absolute Gasteiger partial charge is 0.481 e. The number of rotatable bonds is 7. The van der Waals surface area contributed by atoms with Crippen LogP contribution in [0.25, 0.3) is 11.1 Å². The standard InChI is InChI=1S/C24H24N4O5/c1-13-14(2)27-28-22(13)26-23(31)20(11-21(29)30)25-24(32)33-12-19-17-9-5-3-7-15(17)16-8-4-6-10-18(16)19/h3-10,19-20H,11-12H2,1-2H3,(H,25,32)(H,29,30)(H2,26,27,28,31). The lowest BCUT2D eigenvalue weighted by Crippen LogP contribution is -2.45. The molecule has 0 aliphatic heterocycles. The predicted molar refractivity (Wildman–Crippen MR) is 121 cm³/mol. The minimum atomic E-state index is -1.32. The van der Waals surface area contributed by atoms with E-state index in [9.17, 15) is 19.5 Å². The summed E-state index contributed by atoms with van der Waals surface area (Å²) >= 11 is 0. The first-order valence-electron chi connectivity index (χ1n) is 10.5. The molecule has 9 nitrogen and oxygen atoms in total. The Bertz CT molecular complexity index is 1170. The van der Waals surface area contributed by atoms with Gasteiger partial charge in [0, 0.05) is 17.2 Å². The highest BCUT2D eigenvalue weighted by molar-refractivity contribution is 5.98. The van der Waals surface area contributed by atoms with Gasteiger partial charge < -0.3 is 20.5 Å². The Morgan fingerprint density at radius 3 is 2.21 bits per heavy atom. The molecule has 0 bridgehead atoms. The zero-order valence-corrected chi connectivity index (χ0v) is 18.2. The number of carboxylic acids is 1. The van der Waals surface area contributed by atoms with Gasteiger partial charge in [-0.2, -0.15) is 5.10 Å². The molecule has 170 valence electrons. The smallest absolute Gasteiger partial charge is 0.407 e. The fourth-order valence-corrected chi connectivity index (χ4v) is 3.98. The second-order valence-corrected chi connectivity index (χ2v) is 7.93. The second-order valence-electron chi connectivity index (χ2n) is 7.93. The molecule has 1 aliphatic rings. The van der Waals surface area contributed by atoms with Crippen molar-refractivity contribution >= 4 is 23.8 Å². The molecule has 9 heteroatoms. The molecule has 1 aromatic heterocycles. The summed E-state index contributed by atoms with van der Waals surface area (Å²) in [6, 6.07) is 14.5. The number of hydrogen-bond donors (Lipinski definition) is 4. The van der Waals surface area contributed by atoms with Crippen molar-refractivity contribution in [3.05, 3.63) is 70.9 Å². The van der Waals surface area contributed by atoms with Crippen LogP contribution >= 0.6 is 0 Å². The number of carbonyl (C=O) groups excluding carboxylic acids is 2. The number of ether oxygens (including phenoxy) is 1. The molecular formula is C24H24N4O5. The number of alkyl carbamates (subject to hydrolysis) is 1. The van der Waals surface area contributed by atoms with Crippen molar-refractivity contribution < 1.29 is 24.2 Å². The zero-order valence-electron chi connectivity index (χ0n) is 18.2. The van der Waals surface area contributed by atoms with E-state index in [1.165, 1.54) is 0 Å². The van der Waals surface area contributed by atoms with E-state index in [1.54, 1.807) is 13.8 Å². The van der Waals surface area contributed by atoms with Gasteiger partial charge >= 0.3 is 12.1 Å². The minimum Gasteiger partial charge on any atom is -0.481 e. The molecule has 0 saturated carbocycles. The maximum Gasteiger partial charge on any atom is 0.407 e. The monoisotopic (exact) mass is 448 g/mol. The SMILES string of the molecule is Cc1[nH]nc(NC(=O)C(CC(=O)O)NC(=O)OCC2c3ccccc3-c3ccccc32)c1C. The average Bonchev–Trinajstić information content (AvgIpc) is 3.29. The van der Waals surface area contributed by atoms with E-state index < -0.39 is 30.4 Å². The highest BCUT2D eigenvalue weighted by Gasteiger charge is 2.30. The summed E-state index contributed by atoms with van der Waals surface area (Å²) in [7, 11) is 0. The number of benzene rings is 2. The van der Waals surface area contributed by atoms with Gasteiger partial charge in [0.1, 0.15) is 12.6 Å². The van der Waals surface area contributed by atoms with Crippen molar-refractivity contribution in [1.29, 1.82) is 0 Å². The molecule has 4 N–H and O–H groups in total. The van der Waals surface area contributed by atoms with Crippen LogP contribution in [0.1, 0.15) is 34.7 Å². The Balaban J connectivity index is 1.43. The first-order valence-corrected chi connectivity index (χ1v) is 10.5. The van der Waals surface area contributed by atoms with E-state index >= 15 is 0 Å². The summed E-state index contributed by atoms with van der Waals surface area (Å²) in [6.07, 6.45) is -1.47. The minimum absolute atomic E-state index is 0.0545. The lowest BCUT2D eigenvalue weighted by atomic mass is 9.98. The third-order valence-electron chi connectivity index (χ3n) is 5.83. The quantitative estimate of drug-likeness (QED) is 0.438. The van der Waals surface area contributed by atoms with Crippen molar-refractivity contribution in [2.45, 2.75) is 32.2 Å². The molecule has 33 heavy (non-hydrogen) atoms. The number of H-pyrrole nitrogens is 1. The number of amides is 2. The topological polar surface area (TPSA) is 133 Å². The van der Waals surface area contributed by atoms with Crippen molar-refractivity contribution in [2.75, 3.05) is 11.9 Å². The molecule has 0 radical (unpaired) electrons. The Morgan fingerprint density at radius 2 is 1.67 bits per heavy atom. The van der Waals surface area contributed by atoms with E-state index in [0.29, 0.717) is 0 Å². The number of aromatic nitrogens is 2. The third-order valence-corrected chi connectivity index (χ3v) is 5.83. The summed E-state index contributed by atoms with van der Waals surface area (Å²) in [5.41, 5.74) is 5.78. The molecule has 1 aliphatic carbocycles. The van der Waals surface area contributed by atoms with Crippen LogP contribution in [0, 0.1) is 13.8 Å². The van der Waals surface area contributed by atoms with Gasteiger partial charge in [0.15, 0.2) is 5.82 Å². The normalized spacial score (nSPS) is 13.0. The van der Waals surface area contributed by atoms with Crippen molar-refractivity contribution in [3.8, 4) is 11.1 Å².